The van der Waals surface area contributed by atoms with Crippen LogP contribution in [-0.4, -0.2) is 32.4 Å². The molecule has 4 aromatic carbocycles. The minimum absolute atomic E-state index is 0.00844. The summed E-state index contributed by atoms with van der Waals surface area (Å²) in [5.74, 6) is -0.838. The Hall–Kier alpha value is -5.03. The van der Waals surface area contributed by atoms with Crippen LogP contribution in [0.15, 0.2) is 102 Å². The van der Waals surface area contributed by atoms with Crippen molar-refractivity contribution in [3.05, 3.63) is 114 Å². The molecule has 0 aliphatic rings. The predicted octanol–water partition coefficient (Wildman–Crippen LogP) is 3.96. The van der Waals surface area contributed by atoms with Gasteiger partial charge in [-0.3, -0.25) is 14.9 Å². The molecule has 0 radical (unpaired) electrons. The number of sulfonamides is 1. The first kappa shape index (κ1) is 28.0. The third kappa shape index (κ3) is 6.69. The number of rotatable bonds is 11. The highest BCUT2D eigenvalue weighted by Gasteiger charge is 2.28. The van der Waals surface area contributed by atoms with Crippen molar-refractivity contribution in [1.29, 1.82) is 5.41 Å². The van der Waals surface area contributed by atoms with Gasteiger partial charge in [0, 0.05) is 29.4 Å². The molecule has 206 valence electrons. The second-order valence-corrected chi connectivity index (χ2v) is 10.5. The van der Waals surface area contributed by atoms with Gasteiger partial charge in [0.15, 0.2) is 11.5 Å². The van der Waals surface area contributed by atoms with Gasteiger partial charge in [-0.1, -0.05) is 48.5 Å². The molecule has 10 nitrogen and oxygen atoms in total. The van der Waals surface area contributed by atoms with Gasteiger partial charge in [-0.2, -0.15) is 0 Å². The Morgan fingerprint density at radius 3 is 2.20 bits per heavy atom. The monoisotopic (exact) mass is 559 g/mol. The summed E-state index contributed by atoms with van der Waals surface area (Å²) in [6.45, 7) is 0.224. The number of hydrogen-bond donors (Lipinski definition) is 6. The van der Waals surface area contributed by atoms with E-state index < -0.39 is 22.0 Å². The predicted molar refractivity (Wildman–Crippen MR) is 154 cm³/mol. The van der Waals surface area contributed by atoms with E-state index in [1.807, 2.05) is 30.3 Å². The molecule has 0 saturated carbocycles. The van der Waals surface area contributed by atoms with Crippen LogP contribution in [0.2, 0.25) is 0 Å². The molecule has 1 atom stereocenters. The molecular formula is C29H29N5O5S. The summed E-state index contributed by atoms with van der Waals surface area (Å²) >= 11 is 0. The molecule has 1 unspecified atom stereocenters. The average Bonchev–Trinajstić information content (AvgIpc) is 2.96. The summed E-state index contributed by atoms with van der Waals surface area (Å²) in [6.07, 6.45) is 0. The number of carbonyl (C=O) groups is 1. The van der Waals surface area contributed by atoms with Crippen molar-refractivity contribution >= 4 is 33.1 Å². The van der Waals surface area contributed by atoms with Crippen molar-refractivity contribution in [2.24, 2.45) is 5.73 Å². The molecule has 0 bridgehead atoms. The van der Waals surface area contributed by atoms with E-state index in [4.69, 9.17) is 15.9 Å². The minimum atomic E-state index is -4.07. The molecule has 40 heavy (non-hydrogen) atoms. The van der Waals surface area contributed by atoms with E-state index in [1.54, 1.807) is 42.5 Å². The van der Waals surface area contributed by atoms with Crippen LogP contribution in [0.5, 0.6) is 11.5 Å². The van der Waals surface area contributed by atoms with Crippen LogP contribution in [-0.2, 0) is 21.4 Å². The van der Waals surface area contributed by atoms with E-state index in [-0.39, 0.29) is 40.0 Å². The summed E-state index contributed by atoms with van der Waals surface area (Å²) in [5, 5.41) is 24.2. The van der Waals surface area contributed by atoms with Crippen LogP contribution in [0.25, 0.3) is 0 Å². The number of amidine groups is 1. The number of carbonyl (C=O) groups excluding carboxylic acids is 1. The van der Waals surface area contributed by atoms with Gasteiger partial charge in [0.25, 0.3) is 10.0 Å². The van der Waals surface area contributed by atoms with Gasteiger partial charge in [-0.25, -0.2) is 8.42 Å². The molecule has 0 fully saturated rings. The summed E-state index contributed by atoms with van der Waals surface area (Å²) in [5.41, 5.74) is 7.63. The Balaban J connectivity index is 1.76. The number of anilines is 2. The summed E-state index contributed by atoms with van der Waals surface area (Å²) in [6, 6.07) is 25.1. The maximum atomic E-state index is 13.7. The molecule has 4 rings (SSSR count). The third-order valence-electron chi connectivity index (χ3n) is 6.04. The average molecular weight is 560 g/mol. The normalized spacial score (nSPS) is 11.7. The van der Waals surface area contributed by atoms with Gasteiger partial charge in [-0.05, 0) is 48.0 Å². The molecule has 4 aromatic rings. The molecule has 0 aliphatic heterocycles. The highest BCUT2D eigenvalue weighted by Crippen LogP contribution is 2.38. The first-order valence-electron chi connectivity index (χ1n) is 12.2. The van der Waals surface area contributed by atoms with Gasteiger partial charge in [0.05, 0.1) is 17.7 Å². The molecule has 11 heteroatoms. The van der Waals surface area contributed by atoms with Gasteiger partial charge in [0.1, 0.15) is 11.9 Å². The van der Waals surface area contributed by atoms with Gasteiger partial charge in [-0.15, -0.1) is 0 Å². The standard InChI is InChI=1S/C29H29N5O5S/c1-39-26-16-23(24(17-25(26)35)34-40(37,38)22-10-6-3-7-11-22)27(29(36)32-18-19-8-4-2-5-9-19)33-21-14-12-20(13-15-21)28(30)31/h2-17,27,33-35H,18H2,1H3,(H3,30,31)(H,32,36). The van der Waals surface area contributed by atoms with E-state index >= 15 is 0 Å². The van der Waals surface area contributed by atoms with Crippen LogP contribution >= 0.6 is 0 Å². The number of methoxy groups -OCH3 is 1. The van der Waals surface area contributed by atoms with Crippen LogP contribution in [0, 0.1) is 5.41 Å². The van der Waals surface area contributed by atoms with Gasteiger partial charge < -0.3 is 26.2 Å². The lowest BCUT2D eigenvalue weighted by atomic mass is 10.0. The lowest BCUT2D eigenvalue weighted by molar-refractivity contribution is -0.122. The second-order valence-electron chi connectivity index (χ2n) is 8.80. The van der Waals surface area contributed by atoms with Crippen molar-refractivity contribution in [3.8, 4) is 11.5 Å². The topological polar surface area (TPSA) is 167 Å². The zero-order valence-corrected chi connectivity index (χ0v) is 22.4. The van der Waals surface area contributed by atoms with Crippen molar-refractivity contribution < 1.29 is 23.1 Å². The van der Waals surface area contributed by atoms with E-state index in [0.29, 0.717) is 11.3 Å². The third-order valence-corrected chi connectivity index (χ3v) is 7.42. The maximum absolute atomic E-state index is 13.7. The number of aromatic hydroxyl groups is 1. The minimum Gasteiger partial charge on any atom is -0.504 e. The molecule has 0 aliphatic carbocycles. The number of benzene rings is 4. The number of hydrogen-bond acceptors (Lipinski definition) is 7. The maximum Gasteiger partial charge on any atom is 0.261 e. The first-order chi connectivity index (χ1) is 19.2. The van der Waals surface area contributed by atoms with Crippen LogP contribution in [0.1, 0.15) is 22.7 Å². The molecule has 0 spiro atoms. The van der Waals surface area contributed by atoms with E-state index in [0.717, 1.165) is 5.56 Å². The van der Waals surface area contributed by atoms with Gasteiger partial charge >= 0.3 is 0 Å². The van der Waals surface area contributed by atoms with Crippen LogP contribution in [0.3, 0.4) is 0 Å². The number of nitrogens with two attached hydrogens (primary N) is 1. The SMILES string of the molecule is COc1cc(C(Nc2ccc(C(=N)N)cc2)C(=O)NCc2ccccc2)c(NS(=O)(=O)c2ccccc2)cc1O. The summed E-state index contributed by atoms with van der Waals surface area (Å²) in [4.78, 5) is 13.7. The lowest BCUT2D eigenvalue weighted by Gasteiger charge is -2.24. The van der Waals surface area contributed by atoms with Gasteiger partial charge in [0.2, 0.25) is 5.91 Å². The summed E-state index contributed by atoms with van der Waals surface area (Å²) < 4.78 is 34.2. The Kier molecular flexibility index (Phi) is 8.55. The largest absolute Gasteiger partial charge is 0.504 e. The smallest absolute Gasteiger partial charge is 0.261 e. The number of nitrogens with one attached hydrogen (secondary N) is 4. The number of phenols is 1. The fraction of sp³-hybridized carbons (Fsp3) is 0.103. The highest BCUT2D eigenvalue weighted by molar-refractivity contribution is 7.92. The van der Waals surface area contributed by atoms with Crippen LogP contribution < -0.4 is 25.8 Å². The molecule has 7 N–H and O–H groups in total. The number of amides is 1. The summed E-state index contributed by atoms with van der Waals surface area (Å²) in [7, 11) is -2.72. The number of nitrogen functional groups attached to an aromatic ring is 1. The molecule has 1 amide bonds. The first-order valence-corrected chi connectivity index (χ1v) is 13.7. The van der Waals surface area contributed by atoms with Crippen molar-refractivity contribution in [2.45, 2.75) is 17.5 Å². The molecular weight excluding hydrogens is 530 g/mol. The number of phenolic OH excluding ortho intramolecular Hbond substituents is 1. The van der Waals surface area contributed by atoms with E-state index in [2.05, 4.69) is 15.4 Å². The zero-order chi connectivity index (χ0) is 28.7. The Bertz CT molecular complexity index is 1600. The highest BCUT2D eigenvalue weighted by atomic mass is 32.2. The van der Waals surface area contributed by atoms with Crippen molar-refractivity contribution in [3.63, 3.8) is 0 Å². The molecule has 0 aromatic heterocycles. The Labute approximate surface area is 232 Å². The Morgan fingerprint density at radius 1 is 0.975 bits per heavy atom. The Morgan fingerprint density at radius 2 is 1.60 bits per heavy atom. The fourth-order valence-electron chi connectivity index (χ4n) is 3.96. The second kappa shape index (κ2) is 12.2. The molecule has 0 heterocycles. The van der Waals surface area contributed by atoms with E-state index in [9.17, 15) is 18.3 Å². The lowest BCUT2D eigenvalue weighted by Crippen LogP contribution is -2.34. The van der Waals surface area contributed by atoms with E-state index in [1.165, 1.54) is 31.4 Å². The van der Waals surface area contributed by atoms with Crippen molar-refractivity contribution in [1.82, 2.24) is 5.32 Å². The van der Waals surface area contributed by atoms with Crippen LogP contribution in [0.4, 0.5) is 11.4 Å². The molecule has 0 saturated heterocycles. The van der Waals surface area contributed by atoms with Crippen molar-refractivity contribution in [2.75, 3.05) is 17.1 Å². The number of ether oxygens (including phenoxy) is 1. The fourth-order valence-corrected chi connectivity index (χ4v) is 5.06. The zero-order valence-electron chi connectivity index (χ0n) is 21.6. The quantitative estimate of drug-likeness (QED) is 0.119.